The lowest BCUT2D eigenvalue weighted by Crippen LogP contribution is -2.49. The number of benzene rings is 1. The molecule has 1 aromatic carbocycles. The molecule has 1 amide bonds. The number of morpholine rings is 1. The summed E-state index contributed by atoms with van der Waals surface area (Å²) in [5.74, 6) is 0.465. The zero-order valence-corrected chi connectivity index (χ0v) is 24.3. The maximum absolute atomic E-state index is 13.8. The number of rotatable bonds is 9. The number of amides is 1. The average molecular weight is 596 g/mol. The largest absolute Gasteiger partial charge is 0.391 e. The number of aliphatic hydroxyl groups excluding tert-OH is 1. The second kappa shape index (κ2) is 13.0. The Morgan fingerprint density at radius 3 is 2.63 bits per heavy atom. The predicted octanol–water partition coefficient (Wildman–Crippen LogP) is 2.45. The number of hydrogen-bond donors (Lipinski definition) is 3. The molecule has 5 heterocycles. The molecule has 1 unspecified atom stereocenters. The number of aliphatic hydroxyl groups is 1. The van der Waals surface area contributed by atoms with E-state index in [1.54, 1.807) is 29.3 Å². The number of anilines is 1. The highest BCUT2D eigenvalue weighted by atomic mass is 19.1. The molecule has 3 aromatic rings. The van der Waals surface area contributed by atoms with E-state index in [1.807, 2.05) is 6.92 Å². The van der Waals surface area contributed by atoms with E-state index in [4.69, 9.17) is 24.2 Å². The van der Waals surface area contributed by atoms with Gasteiger partial charge in [0.2, 0.25) is 18.1 Å². The molecule has 0 radical (unpaired) electrons. The number of halogens is 1. The zero-order chi connectivity index (χ0) is 29.8. The number of H-pyrrole nitrogens is 1. The van der Waals surface area contributed by atoms with Gasteiger partial charge in [-0.2, -0.15) is 0 Å². The summed E-state index contributed by atoms with van der Waals surface area (Å²) in [6.07, 6.45) is 1.87. The normalized spacial score (nSPS) is 24.8. The number of imidazole rings is 1. The molecule has 1 atom stereocenters. The molecule has 3 N–H and O–H groups in total. The van der Waals surface area contributed by atoms with Gasteiger partial charge in [-0.3, -0.25) is 9.69 Å². The highest BCUT2D eigenvalue weighted by Crippen LogP contribution is 2.36. The van der Waals surface area contributed by atoms with Gasteiger partial charge in [-0.05, 0) is 56.6 Å². The van der Waals surface area contributed by atoms with Crippen molar-refractivity contribution in [2.24, 2.45) is 5.41 Å². The zero-order valence-electron chi connectivity index (χ0n) is 24.3. The number of carbonyl (C=O) groups excluding carboxylic acids is 1. The van der Waals surface area contributed by atoms with Gasteiger partial charge in [0.15, 0.2) is 5.82 Å². The van der Waals surface area contributed by atoms with E-state index in [0.29, 0.717) is 53.9 Å². The van der Waals surface area contributed by atoms with Crippen molar-refractivity contribution >= 4 is 11.9 Å². The van der Waals surface area contributed by atoms with Crippen molar-refractivity contribution in [3.8, 4) is 22.6 Å². The van der Waals surface area contributed by atoms with E-state index in [-0.39, 0.29) is 24.9 Å². The molecule has 0 bridgehead atoms. The Balaban J connectivity index is 1.17. The third-order valence-corrected chi connectivity index (χ3v) is 8.09. The summed E-state index contributed by atoms with van der Waals surface area (Å²) in [6.45, 7) is 8.07. The third kappa shape index (κ3) is 6.86. The van der Waals surface area contributed by atoms with Crippen molar-refractivity contribution < 1.29 is 28.5 Å². The van der Waals surface area contributed by atoms with E-state index in [0.717, 1.165) is 45.8 Å². The number of aromatic nitrogens is 4. The monoisotopic (exact) mass is 595 g/mol. The number of aromatic amines is 1. The van der Waals surface area contributed by atoms with Crippen LogP contribution < -0.4 is 5.32 Å². The second-order valence-corrected chi connectivity index (χ2v) is 11.6. The van der Waals surface area contributed by atoms with Gasteiger partial charge in [-0.15, -0.1) is 0 Å². The number of hydrogen-bond acceptors (Lipinski definition) is 10. The summed E-state index contributed by atoms with van der Waals surface area (Å²) in [5.41, 5.74) is 1.61. The third-order valence-electron chi connectivity index (χ3n) is 8.09. The van der Waals surface area contributed by atoms with E-state index >= 15 is 0 Å². The Morgan fingerprint density at radius 2 is 1.91 bits per heavy atom. The van der Waals surface area contributed by atoms with Crippen LogP contribution in [0.1, 0.15) is 31.9 Å². The highest BCUT2D eigenvalue weighted by molar-refractivity contribution is 5.83. The number of β-amino-alcohol motifs (C(OH)–C–C–N with tert-alkyl or cyclic N) is 1. The molecule has 6 rings (SSSR count). The molecule has 3 aliphatic rings. The highest BCUT2D eigenvalue weighted by Gasteiger charge is 2.44. The maximum Gasteiger partial charge on any atom is 0.233 e. The summed E-state index contributed by atoms with van der Waals surface area (Å²) >= 11 is 0. The van der Waals surface area contributed by atoms with E-state index in [1.165, 1.54) is 12.1 Å². The molecule has 12 nitrogen and oxygen atoms in total. The summed E-state index contributed by atoms with van der Waals surface area (Å²) in [5, 5.41) is 13.2. The van der Waals surface area contributed by atoms with Crippen LogP contribution in [0.2, 0.25) is 0 Å². The Labute approximate surface area is 249 Å². The van der Waals surface area contributed by atoms with Crippen LogP contribution in [0, 0.1) is 11.2 Å². The first-order valence-electron chi connectivity index (χ1n) is 14.8. The van der Waals surface area contributed by atoms with Crippen molar-refractivity contribution in [3.05, 3.63) is 48.2 Å². The van der Waals surface area contributed by atoms with Gasteiger partial charge in [-0.1, -0.05) is 0 Å². The van der Waals surface area contributed by atoms with Gasteiger partial charge in [0, 0.05) is 44.5 Å². The summed E-state index contributed by atoms with van der Waals surface area (Å²) < 4.78 is 31.3. The van der Waals surface area contributed by atoms with Gasteiger partial charge < -0.3 is 34.5 Å². The lowest BCUT2D eigenvalue weighted by Gasteiger charge is -2.37. The van der Waals surface area contributed by atoms with Gasteiger partial charge in [0.1, 0.15) is 5.82 Å². The Hall–Kier alpha value is -3.49. The second-order valence-electron chi connectivity index (χ2n) is 11.6. The average Bonchev–Trinajstić information content (AvgIpc) is 3.67. The number of nitrogens with one attached hydrogen (secondary N) is 2. The SMILES string of the molecule is CC1(C(=O)N2CCC(O)C2)COC(c2nc(-c3ccc(F)cc3)c(-c3ccnc(NCCCN4CCOCC4)n3)[nH]2)OC1. The van der Waals surface area contributed by atoms with Crippen LogP contribution in [0.15, 0.2) is 36.5 Å². The number of nitrogens with zero attached hydrogens (tertiary/aromatic N) is 5. The van der Waals surface area contributed by atoms with E-state index in [9.17, 15) is 14.3 Å². The first-order valence-corrected chi connectivity index (χ1v) is 14.8. The van der Waals surface area contributed by atoms with Crippen LogP contribution in [0.3, 0.4) is 0 Å². The minimum atomic E-state index is -0.870. The van der Waals surface area contributed by atoms with Gasteiger partial charge in [0.25, 0.3) is 0 Å². The van der Waals surface area contributed by atoms with E-state index < -0.39 is 17.8 Å². The molecule has 0 aliphatic carbocycles. The van der Waals surface area contributed by atoms with Crippen molar-refractivity contribution in [1.82, 2.24) is 29.7 Å². The van der Waals surface area contributed by atoms with Crippen molar-refractivity contribution in [1.29, 1.82) is 0 Å². The minimum Gasteiger partial charge on any atom is -0.391 e. The van der Waals surface area contributed by atoms with Crippen LogP contribution in [-0.4, -0.2) is 113 Å². The minimum absolute atomic E-state index is 0.0967. The van der Waals surface area contributed by atoms with Crippen LogP contribution in [-0.2, 0) is 19.0 Å². The quantitative estimate of drug-likeness (QED) is 0.316. The number of carbonyl (C=O) groups is 1. The maximum atomic E-state index is 13.8. The van der Waals surface area contributed by atoms with Gasteiger partial charge in [-0.25, -0.2) is 19.3 Å². The summed E-state index contributed by atoms with van der Waals surface area (Å²) in [7, 11) is 0. The predicted molar refractivity (Wildman–Crippen MR) is 155 cm³/mol. The molecule has 43 heavy (non-hydrogen) atoms. The van der Waals surface area contributed by atoms with Gasteiger partial charge >= 0.3 is 0 Å². The van der Waals surface area contributed by atoms with Crippen LogP contribution in [0.4, 0.5) is 10.3 Å². The van der Waals surface area contributed by atoms with Gasteiger partial charge in [0.05, 0.1) is 55.0 Å². The summed E-state index contributed by atoms with van der Waals surface area (Å²) in [6, 6.07) is 7.87. The lowest BCUT2D eigenvalue weighted by atomic mass is 9.90. The fourth-order valence-corrected chi connectivity index (χ4v) is 5.61. The van der Waals surface area contributed by atoms with Crippen molar-refractivity contribution in [3.63, 3.8) is 0 Å². The molecule has 2 aromatic heterocycles. The number of likely N-dealkylation sites (tertiary alicyclic amines) is 1. The topological polar surface area (TPSA) is 138 Å². The number of ether oxygens (including phenoxy) is 3. The fourth-order valence-electron chi connectivity index (χ4n) is 5.61. The van der Waals surface area contributed by atoms with E-state index in [2.05, 4.69) is 20.2 Å². The molecule has 13 heteroatoms. The Kier molecular flexibility index (Phi) is 8.96. The lowest BCUT2D eigenvalue weighted by molar-refractivity contribution is -0.234. The van der Waals surface area contributed by atoms with Crippen molar-refractivity contribution in [2.75, 3.05) is 71.0 Å². The smallest absolute Gasteiger partial charge is 0.233 e. The van der Waals surface area contributed by atoms with Crippen LogP contribution in [0.25, 0.3) is 22.6 Å². The molecule has 3 fully saturated rings. The molecular formula is C30H38FN7O5. The molecule has 230 valence electrons. The molecular weight excluding hydrogens is 557 g/mol. The molecule has 3 saturated heterocycles. The molecule has 0 spiro atoms. The first kappa shape index (κ1) is 29.6. The Bertz CT molecular complexity index is 1390. The van der Waals surface area contributed by atoms with Crippen LogP contribution >= 0.6 is 0 Å². The summed E-state index contributed by atoms with van der Waals surface area (Å²) in [4.78, 5) is 34.4. The fraction of sp³-hybridized carbons (Fsp3) is 0.533. The van der Waals surface area contributed by atoms with Crippen molar-refractivity contribution in [2.45, 2.75) is 32.2 Å². The molecule has 0 saturated carbocycles. The Morgan fingerprint density at radius 1 is 1.14 bits per heavy atom. The molecule has 3 aliphatic heterocycles. The first-order chi connectivity index (χ1) is 20.9. The standard InChI is InChI=1S/C30H38FN7O5/c1-30(28(40)38-12-8-22(39)17-38)18-42-27(43-19-30)26-35-24(20-3-5-21(31)6-4-20)25(36-26)23-7-10-33-29(34-23)32-9-2-11-37-13-15-41-16-14-37/h3-7,10,22,27,39H,2,8-9,11-19H2,1H3,(H,35,36)(H,32,33,34). The van der Waals surface area contributed by atoms with Crippen LogP contribution in [0.5, 0.6) is 0 Å².